The molecule has 1 amide bonds. The molecule has 1 unspecified atom stereocenters. The van der Waals surface area contributed by atoms with Gasteiger partial charge >= 0.3 is 5.97 Å². The second-order valence-corrected chi connectivity index (χ2v) is 6.82. The van der Waals surface area contributed by atoms with E-state index in [-0.39, 0.29) is 17.9 Å². The molecule has 120 valence electrons. The van der Waals surface area contributed by atoms with Gasteiger partial charge in [-0.2, -0.15) is 11.3 Å². The molecule has 6 heteroatoms. The van der Waals surface area contributed by atoms with Crippen LogP contribution in [0.3, 0.4) is 0 Å². The summed E-state index contributed by atoms with van der Waals surface area (Å²) in [4.78, 5) is 28.4. The van der Waals surface area contributed by atoms with Crippen LogP contribution in [0.2, 0.25) is 0 Å². The van der Waals surface area contributed by atoms with E-state index in [0.717, 1.165) is 32.2 Å². The zero-order chi connectivity index (χ0) is 15.5. The number of thiophene rings is 1. The first-order valence-electron chi connectivity index (χ1n) is 7.81. The highest BCUT2D eigenvalue weighted by molar-refractivity contribution is 7.07. The number of likely N-dealkylation sites (tertiary alicyclic amines) is 1. The fourth-order valence-corrected chi connectivity index (χ4v) is 3.73. The summed E-state index contributed by atoms with van der Waals surface area (Å²) >= 11 is 1.66. The molecule has 1 saturated carbocycles. The van der Waals surface area contributed by atoms with Gasteiger partial charge in [0.1, 0.15) is 6.04 Å². The van der Waals surface area contributed by atoms with Crippen molar-refractivity contribution in [1.82, 2.24) is 9.80 Å². The topological polar surface area (TPSA) is 49.9 Å². The molecule has 0 aromatic carbocycles. The van der Waals surface area contributed by atoms with Crippen molar-refractivity contribution in [2.24, 2.45) is 0 Å². The highest BCUT2D eigenvalue weighted by Gasteiger charge is 2.37. The summed E-state index contributed by atoms with van der Waals surface area (Å²) in [5.74, 6) is -0.0920. The second-order valence-electron chi connectivity index (χ2n) is 6.04. The van der Waals surface area contributed by atoms with Crippen LogP contribution in [-0.4, -0.2) is 54.0 Å². The van der Waals surface area contributed by atoms with Crippen LogP contribution in [0.15, 0.2) is 16.8 Å². The van der Waals surface area contributed by atoms with Crippen LogP contribution in [-0.2, 0) is 20.9 Å². The summed E-state index contributed by atoms with van der Waals surface area (Å²) in [5, 5.41) is 4.13. The van der Waals surface area contributed by atoms with E-state index in [1.54, 1.807) is 11.3 Å². The molecule has 0 radical (unpaired) electrons. The Morgan fingerprint density at radius 1 is 1.41 bits per heavy atom. The van der Waals surface area contributed by atoms with Gasteiger partial charge in [0.05, 0.1) is 13.7 Å². The van der Waals surface area contributed by atoms with E-state index in [1.165, 1.54) is 12.7 Å². The van der Waals surface area contributed by atoms with Crippen molar-refractivity contribution in [3.05, 3.63) is 22.4 Å². The lowest BCUT2D eigenvalue weighted by Gasteiger charge is -2.27. The summed E-state index contributed by atoms with van der Waals surface area (Å²) < 4.78 is 4.85. The Bertz CT molecular complexity index is 528. The Morgan fingerprint density at radius 2 is 2.23 bits per heavy atom. The number of carbonyl (C=O) groups excluding carboxylic acids is 2. The third-order valence-corrected chi connectivity index (χ3v) is 5.15. The van der Waals surface area contributed by atoms with Crippen molar-refractivity contribution < 1.29 is 14.3 Å². The first kappa shape index (κ1) is 15.5. The number of hydrogen-bond donors (Lipinski definition) is 0. The molecule has 1 aromatic rings. The molecule has 2 heterocycles. The largest absolute Gasteiger partial charge is 0.468 e. The van der Waals surface area contributed by atoms with Crippen LogP contribution >= 0.6 is 11.3 Å². The van der Waals surface area contributed by atoms with Crippen LogP contribution in [0.4, 0.5) is 0 Å². The van der Waals surface area contributed by atoms with Crippen molar-refractivity contribution in [3.63, 3.8) is 0 Å². The van der Waals surface area contributed by atoms with Gasteiger partial charge in [-0.25, -0.2) is 0 Å². The maximum absolute atomic E-state index is 12.7. The number of nitrogens with zero attached hydrogens (tertiary/aromatic N) is 2. The van der Waals surface area contributed by atoms with Crippen LogP contribution in [0.25, 0.3) is 0 Å². The summed E-state index contributed by atoms with van der Waals surface area (Å²) in [6.45, 7) is 1.80. The van der Waals surface area contributed by atoms with Gasteiger partial charge < -0.3 is 9.64 Å². The molecule has 1 aromatic heterocycles. The van der Waals surface area contributed by atoms with E-state index < -0.39 is 0 Å². The van der Waals surface area contributed by atoms with Crippen LogP contribution in [0, 0.1) is 0 Å². The Balaban J connectivity index is 1.62. The van der Waals surface area contributed by atoms with E-state index in [9.17, 15) is 9.59 Å². The molecule has 1 saturated heterocycles. The van der Waals surface area contributed by atoms with E-state index in [2.05, 4.69) is 11.4 Å². The highest BCUT2D eigenvalue weighted by atomic mass is 32.1. The van der Waals surface area contributed by atoms with Gasteiger partial charge in [0.25, 0.3) is 0 Å². The quantitative estimate of drug-likeness (QED) is 0.750. The predicted octanol–water partition coefficient (Wildman–Crippen LogP) is 1.88. The number of carbonyl (C=O) groups is 2. The Morgan fingerprint density at radius 3 is 2.86 bits per heavy atom. The van der Waals surface area contributed by atoms with Gasteiger partial charge in [0.15, 0.2) is 0 Å². The van der Waals surface area contributed by atoms with Crippen molar-refractivity contribution in [1.29, 1.82) is 0 Å². The van der Waals surface area contributed by atoms with Crippen molar-refractivity contribution in [2.75, 3.05) is 20.2 Å². The van der Waals surface area contributed by atoms with E-state index >= 15 is 0 Å². The molecule has 0 spiro atoms. The van der Waals surface area contributed by atoms with Gasteiger partial charge in [-0.05, 0) is 54.6 Å². The number of hydrogen-bond acceptors (Lipinski definition) is 5. The van der Waals surface area contributed by atoms with Crippen molar-refractivity contribution in [3.8, 4) is 0 Å². The molecule has 0 bridgehead atoms. The molecule has 3 rings (SSSR count). The SMILES string of the molecule is COC(=O)C1CCCN1CC(=O)N(Cc1ccsc1)C1CC1. The number of esters is 1. The van der Waals surface area contributed by atoms with Gasteiger partial charge in [-0.1, -0.05) is 0 Å². The molecule has 5 nitrogen and oxygen atoms in total. The molecule has 2 aliphatic rings. The maximum atomic E-state index is 12.7. The molecule has 1 aliphatic heterocycles. The van der Waals surface area contributed by atoms with E-state index in [4.69, 9.17) is 4.74 Å². The molecular formula is C16H22N2O3S. The Kier molecular flexibility index (Phi) is 4.78. The minimum Gasteiger partial charge on any atom is -0.468 e. The molecule has 2 fully saturated rings. The third-order valence-electron chi connectivity index (χ3n) is 4.42. The summed E-state index contributed by atoms with van der Waals surface area (Å²) in [6, 6.07) is 2.20. The van der Waals surface area contributed by atoms with Crippen LogP contribution in [0.1, 0.15) is 31.2 Å². The van der Waals surface area contributed by atoms with Gasteiger partial charge in [-0.3, -0.25) is 14.5 Å². The zero-order valence-corrected chi connectivity index (χ0v) is 13.7. The van der Waals surface area contributed by atoms with Gasteiger partial charge in [-0.15, -0.1) is 0 Å². The standard InChI is InChI=1S/C16H22N2O3S/c1-21-16(20)14-3-2-7-17(14)10-15(19)18(13-4-5-13)9-12-6-8-22-11-12/h6,8,11,13-14H,2-5,7,9-10H2,1H3. The Labute approximate surface area is 134 Å². The molecular weight excluding hydrogens is 300 g/mol. The lowest BCUT2D eigenvalue weighted by Crippen LogP contribution is -2.45. The van der Waals surface area contributed by atoms with Gasteiger partial charge in [0, 0.05) is 12.6 Å². The number of amides is 1. The van der Waals surface area contributed by atoms with E-state index in [1.807, 2.05) is 15.2 Å². The molecule has 1 aliphatic carbocycles. The highest BCUT2D eigenvalue weighted by Crippen LogP contribution is 2.29. The van der Waals surface area contributed by atoms with Crippen LogP contribution in [0.5, 0.6) is 0 Å². The van der Waals surface area contributed by atoms with Crippen molar-refractivity contribution >= 4 is 23.2 Å². The fraction of sp³-hybridized carbons (Fsp3) is 0.625. The van der Waals surface area contributed by atoms with Crippen molar-refractivity contribution in [2.45, 2.75) is 44.3 Å². The molecule has 0 N–H and O–H groups in total. The first-order chi connectivity index (χ1) is 10.7. The minimum absolute atomic E-state index is 0.129. The summed E-state index contributed by atoms with van der Waals surface area (Å²) in [5.41, 5.74) is 1.19. The average molecular weight is 322 g/mol. The van der Waals surface area contributed by atoms with E-state index in [0.29, 0.717) is 19.1 Å². The Hall–Kier alpha value is -1.40. The number of methoxy groups -OCH3 is 1. The monoisotopic (exact) mass is 322 g/mol. The zero-order valence-electron chi connectivity index (χ0n) is 12.9. The normalized spacial score (nSPS) is 21.8. The average Bonchev–Trinajstić information content (AvgIpc) is 3.03. The third kappa shape index (κ3) is 3.50. The smallest absolute Gasteiger partial charge is 0.323 e. The molecule has 22 heavy (non-hydrogen) atoms. The summed E-state index contributed by atoms with van der Waals surface area (Å²) in [7, 11) is 1.41. The lowest BCUT2D eigenvalue weighted by molar-refractivity contribution is -0.147. The maximum Gasteiger partial charge on any atom is 0.323 e. The fourth-order valence-electron chi connectivity index (χ4n) is 3.07. The lowest BCUT2D eigenvalue weighted by atomic mass is 10.2. The summed E-state index contributed by atoms with van der Waals surface area (Å²) in [6.07, 6.45) is 3.92. The van der Waals surface area contributed by atoms with Gasteiger partial charge in [0.2, 0.25) is 5.91 Å². The minimum atomic E-state index is -0.254. The van der Waals surface area contributed by atoms with Crippen LogP contribution < -0.4 is 0 Å². The predicted molar refractivity (Wildman–Crippen MR) is 84.5 cm³/mol. The second kappa shape index (κ2) is 6.79. The molecule has 1 atom stereocenters. The number of ether oxygens (including phenoxy) is 1. The number of rotatable bonds is 6. The first-order valence-corrected chi connectivity index (χ1v) is 8.75.